The van der Waals surface area contributed by atoms with Gasteiger partial charge in [-0.05, 0) is 66.4 Å². The predicted molar refractivity (Wildman–Crippen MR) is 113 cm³/mol. The van der Waals surface area contributed by atoms with Gasteiger partial charge in [0.25, 0.3) is 0 Å². The van der Waals surface area contributed by atoms with Gasteiger partial charge >= 0.3 is 6.09 Å². The minimum absolute atomic E-state index is 0.0402. The fourth-order valence-electron chi connectivity index (χ4n) is 5.08. The molecule has 2 unspecified atom stereocenters. The number of carbonyl (C=O) groups excluding carboxylic acids is 1. The van der Waals surface area contributed by atoms with Crippen LogP contribution in [0.15, 0.2) is 29.1 Å². The van der Waals surface area contributed by atoms with E-state index < -0.39 is 0 Å². The molecule has 3 aromatic rings. The highest BCUT2D eigenvalue weighted by Crippen LogP contribution is 2.57. The number of ether oxygens (including phenoxy) is 1. The van der Waals surface area contributed by atoms with Gasteiger partial charge in [0.15, 0.2) is 11.6 Å². The average Bonchev–Trinajstić information content (AvgIpc) is 3.39. The molecule has 4 saturated carbocycles. The number of nitrogens with one attached hydrogen (secondary N) is 3. The molecule has 0 saturated heterocycles. The molecule has 0 radical (unpaired) electrons. The first-order chi connectivity index (χ1) is 14.6. The Labute approximate surface area is 181 Å². The van der Waals surface area contributed by atoms with Crippen LogP contribution in [0.1, 0.15) is 50.1 Å². The number of hydrogen-bond donors (Lipinski definition) is 3. The number of amides is 1. The molecule has 2 bridgehead atoms. The summed E-state index contributed by atoms with van der Waals surface area (Å²) in [6.45, 7) is 0. The van der Waals surface area contributed by atoms with Crippen molar-refractivity contribution in [2.75, 3.05) is 5.32 Å². The molecule has 2 atom stereocenters. The summed E-state index contributed by atoms with van der Waals surface area (Å²) in [5.74, 6) is 2.52. The lowest BCUT2D eigenvalue weighted by molar-refractivity contribution is -0.0506. The number of fused-ring (bicyclic) bond motifs is 1. The summed E-state index contributed by atoms with van der Waals surface area (Å²) in [7, 11) is 0. The Morgan fingerprint density at radius 3 is 3.00 bits per heavy atom. The van der Waals surface area contributed by atoms with Gasteiger partial charge < -0.3 is 15.4 Å². The Morgan fingerprint density at radius 2 is 2.20 bits per heavy atom. The second kappa shape index (κ2) is 6.69. The van der Waals surface area contributed by atoms with Crippen molar-refractivity contribution < 1.29 is 9.53 Å². The maximum Gasteiger partial charge on any atom is 0.407 e. The molecule has 4 aliphatic rings. The summed E-state index contributed by atoms with van der Waals surface area (Å²) in [6.07, 6.45) is 9.16. The number of alkyl carbamates (subject to hydrolysis) is 1. The molecule has 0 aromatic carbocycles. The van der Waals surface area contributed by atoms with Gasteiger partial charge in [0, 0.05) is 23.2 Å². The van der Waals surface area contributed by atoms with E-state index in [1.54, 1.807) is 16.9 Å². The van der Waals surface area contributed by atoms with Crippen molar-refractivity contribution in [3.05, 3.63) is 34.8 Å². The molecule has 3 N–H and O–H groups in total. The third-order valence-corrected chi connectivity index (χ3v) is 7.28. The summed E-state index contributed by atoms with van der Waals surface area (Å²) in [4.78, 5) is 16.6. The van der Waals surface area contributed by atoms with Gasteiger partial charge in [-0.25, -0.2) is 14.3 Å². The highest BCUT2D eigenvalue weighted by Gasteiger charge is 2.57. The maximum absolute atomic E-state index is 12.2. The molecule has 1 amide bonds. The summed E-state index contributed by atoms with van der Waals surface area (Å²) in [6, 6.07) is 3.90. The van der Waals surface area contributed by atoms with E-state index in [0.717, 1.165) is 60.3 Å². The SMILES string of the molecule is O=C(NC12CC(C1)C2)OC1CCC(c2cc(Nc3ncc(Br)n4nccc34)n[nH]2)C1. The quantitative estimate of drug-likeness (QED) is 0.520. The van der Waals surface area contributed by atoms with Gasteiger partial charge in [0.05, 0.1) is 12.4 Å². The standard InChI is InChI=1S/C20H22BrN7O2/c21-16-10-22-18(15-3-4-23-28(15)16)24-17-6-14(26-27-17)12-1-2-13(5-12)30-19(29)25-20-7-11(8-20)9-20/h3-4,6,10-13H,1-2,5,7-9H2,(H,25,29)(H2,22,24,26,27). The number of halogens is 1. The van der Waals surface area contributed by atoms with E-state index in [0.29, 0.717) is 17.6 Å². The topological polar surface area (TPSA) is 109 Å². The second-order valence-corrected chi connectivity index (χ2v) is 9.62. The number of anilines is 2. The number of rotatable bonds is 5. The van der Waals surface area contributed by atoms with Gasteiger partial charge in [-0.15, -0.1) is 0 Å². The van der Waals surface area contributed by atoms with Crippen LogP contribution in [0.2, 0.25) is 0 Å². The molecule has 0 spiro atoms. The van der Waals surface area contributed by atoms with Gasteiger partial charge in [0.2, 0.25) is 0 Å². The lowest BCUT2D eigenvalue weighted by Crippen LogP contribution is -2.68. The zero-order valence-electron chi connectivity index (χ0n) is 16.3. The summed E-state index contributed by atoms with van der Waals surface area (Å²) in [5.41, 5.74) is 1.97. The Morgan fingerprint density at radius 1 is 1.33 bits per heavy atom. The molecule has 10 heteroatoms. The Hall–Kier alpha value is -2.62. The smallest absolute Gasteiger partial charge is 0.407 e. The molecule has 4 fully saturated rings. The number of H-pyrrole nitrogens is 1. The number of aromatic nitrogens is 5. The molecule has 30 heavy (non-hydrogen) atoms. The van der Waals surface area contributed by atoms with Crippen molar-refractivity contribution in [2.45, 2.75) is 56.1 Å². The van der Waals surface area contributed by atoms with Crippen LogP contribution in [0.5, 0.6) is 0 Å². The molecule has 0 aliphatic heterocycles. The van der Waals surface area contributed by atoms with Crippen LogP contribution < -0.4 is 10.6 Å². The van der Waals surface area contributed by atoms with Crippen LogP contribution in [-0.2, 0) is 4.74 Å². The van der Waals surface area contributed by atoms with Crippen molar-refractivity contribution in [3.63, 3.8) is 0 Å². The van der Waals surface area contributed by atoms with Crippen molar-refractivity contribution in [2.24, 2.45) is 5.92 Å². The Balaban J connectivity index is 1.08. The lowest BCUT2D eigenvalue weighted by atomic mass is 9.50. The average molecular weight is 472 g/mol. The van der Waals surface area contributed by atoms with Crippen molar-refractivity contribution in [3.8, 4) is 0 Å². The maximum atomic E-state index is 12.2. The van der Waals surface area contributed by atoms with Gasteiger partial charge in [-0.3, -0.25) is 5.10 Å². The van der Waals surface area contributed by atoms with E-state index in [4.69, 9.17) is 4.74 Å². The number of nitrogens with zero attached hydrogens (tertiary/aromatic N) is 4. The van der Waals surface area contributed by atoms with Crippen molar-refractivity contribution in [1.82, 2.24) is 30.1 Å². The molecular formula is C20H22BrN7O2. The first kappa shape index (κ1) is 18.2. The van der Waals surface area contributed by atoms with Gasteiger partial charge in [-0.2, -0.15) is 10.2 Å². The van der Waals surface area contributed by atoms with Crippen LogP contribution >= 0.6 is 15.9 Å². The first-order valence-electron chi connectivity index (χ1n) is 10.4. The van der Waals surface area contributed by atoms with Crippen LogP contribution in [0.4, 0.5) is 16.4 Å². The van der Waals surface area contributed by atoms with Crippen molar-refractivity contribution in [1.29, 1.82) is 0 Å². The monoisotopic (exact) mass is 471 g/mol. The predicted octanol–water partition coefficient (Wildman–Crippen LogP) is 3.87. The van der Waals surface area contributed by atoms with Gasteiger partial charge in [-0.1, -0.05) is 0 Å². The Bertz CT molecular complexity index is 1110. The fourth-order valence-corrected chi connectivity index (χ4v) is 5.46. The van der Waals surface area contributed by atoms with E-state index in [-0.39, 0.29) is 17.7 Å². The number of hydrogen-bond acceptors (Lipinski definition) is 6. The zero-order valence-corrected chi connectivity index (χ0v) is 17.9. The number of carbonyl (C=O) groups is 1. The third kappa shape index (κ3) is 3.05. The molecule has 3 heterocycles. The minimum atomic E-state index is -0.253. The third-order valence-electron chi connectivity index (χ3n) is 6.74. The largest absolute Gasteiger partial charge is 0.446 e. The van der Waals surface area contributed by atoms with Gasteiger partial charge in [0.1, 0.15) is 16.2 Å². The van der Waals surface area contributed by atoms with E-state index in [9.17, 15) is 4.79 Å². The molecule has 3 aromatic heterocycles. The molecule has 7 rings (SSSR count). The summed E-state index contributed by atoms with van der Waals surface area (Å²) in [5, 5.41) is 18.1. The second-order valence-electron chi connectivity index (χ2n) is 8.81. The molecular weight excluding hydrogens is 450 g/mol. The highest BCUT2D eigenvalue weighted by molar-refractivity contribution is 9.10. The Kier molecular flexibility index (Phi) is 4.06. The number of aromatic amines is 1. The van der Waals surface area contributed by atoms with E-state index in [2.05, 4.69) is 46.8 Å². The van der Waals surface area contributed by atoms with Crippen LogP contribution in [-0.4, -0.2) is 42.5 Å². The van der Waals surface area contributed by atoms with E-state index >= 15 is 0 Å². The molecule has 156 valence electrons. The minimum Gasteiger partial charge on any atom is -0.446 e. The summed E-state index contributed by atoms with van der Waals surface area (Å²) >= 11 is 3.44. The normalized spacial score (nSPS) is 29.3. The van der Waals surface area contributed by atoms with Crippen LogP contribution in [0.25, 0.3) is 5.52 Å². The first-order valence-corrected chi connectivity index (χ1v) is 11.2. The van der Waals surface area contributed by atoms with Crippen LogP contribution in [0, 0.1) is 5.92 Å². The van der Waals surface area contributed by atoms with E-state index in [1.165, 1.54) is 0 Å². The zero-order chi connectivity index (χ0) is 20.3. The lowest BCUT2D eigenvalue weighted by Gasteiger charge is -2.61. The molecule has 9 nitrogen and oxygen atoms in total. The fraction of sp³-hybridized carbons (Fsp3) is 0.500. The highest BCUT2D eigenvalue weighted by atomic mass is 79.9. The summed E-state index contributed by atoms with van der Waals surface area (Å²) < 4.78 is 8.23. The van der Waals surface area contributed by atoms with E-state index in [1.807, 2.05) is 12.1 Å². The van der Waals surface area contributed by atoms with Crippen LogP contribution in [0.3, 0.4) is 0 Å². The van der Waals surface area contributed by atoms with Crippen molar-refractivity contribution >= 4 is 39.2 Å². The molecule has 4 aliphatic carbocycles.